The number of hydrogen-bond donors (Lipinski definition) is 2. The summed E-state index contributed by atoms with van der Waals surface area (Å²) in [7, 11) is 0. The molecule has 0 saturated carbocycles. The first kappa shape index (κ1) is 15.2. The molecule has 1 unspecified atom stereocenters. The van der Waals surface area contributed by atoms with Gasteiger partial charge in [0.15, 0.2) is 11.2 Å². The second-order valence-electron chi connectivity index (χ2n) is 5.00. The van der Waals surface area contributed by atoms with Crippen LogP contribution >= 0.6 is 12.2 Å². The molecule has 3 rings (SSSR count). The van der Waals surface area contributed by atoms with Crippen molar-refractivity contribution in [1.82, 2.24) is 0 Å². The zero-order valence-electron chi connectivity index (χ0n) is 12.0. The topological polar surface area (TPSA) is 67.6 Å². The van der Waals surface area contributed by atoms with Gasteiger partial charge in [0.2, 0.25) is 0 Å². The fraction of sp³-hybridized carbons (Fsp3) is 0.125. The molecule has 0 saturated heterocycles. The van der Waals surface area contributed by atoms with Gasteiger partial charge in [0.05, 0.1) is 17.9 Å². The molecule has 0 aromatic heterocycles. The summed E-state index contributed by atoms with van der Waals surface area (Å²) in [5.74, 6) is -0.499. The van der Waals surface area contributed by atoms with Gasteiger partial charge in [0.25, 0.3) is 5.91 Å². The molecular weight excluding hydrogens is 317 g/mol. The number of benzene rings is 2. The number of carbonyl (C=O) groups is 1. The minimum absolute atomic E-state index is 0.159. The second kappa shape index (κ2) is 6.21. The van der Waals surface area contributed by atoms with Crippen LogP contribution in [0.15, 0.2) is 48.5 Å². The molecule has 3 N–H and O–H groups in total. The number of nitrogens with two attached hydrogens (primary N) is 1. The van der Waals surface area contributed by atoms with E-state index in [0.29, 0.717) is 11.4 Å². The van der Waals surface area contributed by atoms with Gasteiger partial charge in [-0.1, -0.05) is 24.3 Å². The minimum atomic E-state index is -0.828. The van der Waals surface area contributed by atoms with E-state index in [1.165, 1.54) is 6.07 Å². The van der Waals surface area contributed by atoms with Gasteiger partial charge in [-0.05, 0) is 36.5 Å². The van der Waals surface area contributed by atoms with Crippen LogP contribution in [0.5, 0.6) is 5.75 Å². The number of nitrogens with zero attached hydrogens (tertiary/aromatic N) is 1. The van der Waals surface area contributed by atoms with E-state index in [-0.39, 0.29) is 17.3 Å². The van der Waals surface area contributed by atoms with E-state index in [0.717, 1.165) is 0 Å². The lowest BCUT2D eigenvalue weighted by Crippen LogP contribution is -2.50. The molecule has 1 heterocycles. The third-order valence-electron chi connectivity index (χ3n) is 3.45. The number of fused-ring (bicyclic) bond motifs is 1. The van der Waals surface area contributed by atoms with Crippen LogP contribution in [0.3, 0.4) is 0 Å². The summed E-state index contributed by atoms with van der Waals surface area (Å²) in [5.41, 5.74) is 6.30. The zero-order chi connectivity index (χ0) is 16.4. The van der Waals surface area contributed by atoms with Crippen LogP contribution in [0.1, 0.15) is 0 Å². The maximum Gasteiger partial charge on any atom is 0.260 e. The molecule has 0 fully saturated rings. The molecule has 1 atom stereocenters. The van der Waals surface area contributed by atoms with E-state index in [1.807, 2.05) is 12.1 Å². The van der Waals surface area contributed by atoms with Crippen LogP contribution < -0.4 is 20.7 Å². The van der Waals surface area contributed by atoms with Crippen molar-refractivity contribution in [1.29, 1.82) is 0 Å². The summed E-state index contributed by atoms with van der Waals surface area (Å²) in [6.07, 6.45) is -0.828. The molecule has 7 heteroatoms. The number of ether oxygens (including phenoxy) is 1. The fourth-order valence-electron chi connectivity index (χ4n) is 2.32. The van der Waals surface area contributed by atoms with Gasteiger partial charge in [0.1, 0.15) is 11.6 Å². The van der Waals surface area contributed by atoms with Crippen LogP contribution in [-0.2, 0) is 4.79 Å². The average molecular weight is 331 g/mol. The Kier molecular flexibility index (Phi) is 4.12. The van der Waals surface area contributed by atoms with Gasteiger partial charge < -0.3 is 20.7 Å². The average Bonchev–Trinajstić information content (AvgIpc) is 2.55. The van der Waals surface area contributed by atoms with Gasteiger partial charge in [0, 0.05) is 0 Å². The smallest absolute Gasteiger partial charge is 0.260 e. The Morgan fingerprint density at radius 1 is 1.26 bits per heavy atom. The first-order valence-electron chi connectivity index (χ1n) is 6.94. The fourth-order valence-corrected chi connectivity index (χ4v) is 2.60. The van der Waals surface area contributed by atoms with Crippen molar-refractivity contribution in [3.63, 3.8) is 0 Å². The molecule has 0 radical (unpaired) electrons. The number of halogens is 1. The molecule has 23 heavy (non-hydrogen) atoms. The normalized spacial score (nSPS) is 16.2. The van der Waals surface area contributed by atoms with Crippen LogP contribution in [-0.4, -0.2) is 23.7 Å². The lowest BCUT2D eigenvalue weighted by Gasteiger charge is -2.35. The lowest BCUT2D eigenvalue weighted by atomic mass is 10.2. The number of hydrogen-bond acceptors (Lipinski definition) is 3. The summed E-state index contributed by atoms with van der Waals surface area (Å²) in [6.45, 7) is 0.159. The van der Waals surface area contributed by atoms with E-state index < -0.39 is 17.8 Å². The maximum atomic E-state index is 13.8. The molecule has 1 aliphatic heterocycles. The maximum absolute atomic E-state index is 13.8. The number of thiocarbonyl (C=S) groups is 1. The Morgan fingerprint density at radius 3 is 2.70 bits per heavy atom. The first-order chi connectivity index (χ1) is 11.1. The van der Waals surface area contributed by atoms with Gasteiger partial charge in [-0.15, -0.1) is 0 Å². The number of para-hydroxylation sites is 3. The standard InChI is InChI=1S/C16H14FN3O2S/c17-10-5-1-2-6-11(10)19-16(23)20-9-14(15(18)21)22-13-8-4-3-7-12(13)20/h1-8,14H,9H2,(H2,18,21)(H,19,23). The van der Waals surface area contributed by atoms with E-state index in [4.69, 9.17) is 22.7 Å². The molecule has 0 aliphatic carbocycles. The van der Waals surface area contributed by atoms with E-state index >= 15 is 0 Å². The molecule has 1 aliphatic rings. The predicted octanol–water partition coefficient (Wildman–Crippen LogP) is 2.28. The Hall–Kier alpha value is -2.67. The number of nitrogens with one attached hydrogen (secondary N) is 1. The third-order valence-corrected chi connectivity index (χ3v) is 3.77. The summed E-state index contributed by atoms with van der Waals surface area (Å²) < 4.78 is 19.3. The van der Waals surface area contributed by atoms with Crippen molar-refractivity contribution < 1.29 is 13.9 Å². The Labute approximate surface area is 137 Å². The highest BCUT2D eigenvalue weighted by atomic mass is 32.1. The summed E-state index contributed by atoms with van der Waals surface area (Å²) >= 11 is 5.37. The number of amides is 1. The summed E-state index contributed by atoms with van der Waals surface area (Å²) in [6, 6.07) is 13.4. The highest BCUT2D eigenvalue weighted by Crippen LogP contribution is 2.33. The monoisotopic (exact) mass is 331 g/mol. The van der Waals surface area contributed by atoms with Crippen LogP contribution in [0.2, 0.25) is 0 Å². The summed E-state index contributed by atoms with van der Waals surface area (Å²) in [5, 5.41) is 3.12. The SMILES string of the molecule is NC(=O)C1CN(C(=S)Nc2ccccc2F)c2ccccc2O1. The Morgan fingerprint density at radius 2 is 1.96 bits per heavy atom. The van der Waals surface area contributed by atoms with Gasteiger partial charge in [-0.3, -0.25) is 4.79 Å². The molecule has 118 valence electrons. The lowest BCUT2D eigenvalue weighted by molar-refractivity contribution is -0.124. The number of anilines is 2. The van der Waals surface area contributed by atoms with Crippen LogP contribution in [0.25, 0.3) is 0 Å². The van der Waals surface area contributed by atoms with Crippen LogP contribution in [0.4, 0.5) is 15.8 Å². The van der Waals surface area contributed by atoms with Crippen molar-refractivity contribution in [2.75, 3.05) is 16.8 Å². The van der Waals surface area contributed by atoms with E-state index in [2.05, 4.69) is 5.32 Å². The number of rotatable bonds is 2. The first-order valence-corrected chi connectivity index (χ1v) is 7.35. The Balaban J connectivity index is 1.90. The second-order valence-corrected chi connectivity index (χ2v) is 5.38. The van der Waals surface area contributed by atoms with Crippen molar-refractivity contribution in [2.45, 2.75) is 6.10 Å². The molecule has 1 amide bonds. The minimum Gasteiger partial charge on any atom is -0.477 e. The molecule has 0 bridgehead atoms. The quantitative estimate of drug-likeness (QED) is 0.827. The predicted molar refractivity (Wildman–Crippen MR) is 90.0 cm³/mol. The molecule has 5 nitrogen and oxygen atoms in total. The van der Waals surface area contributed by atoms with E-state index in [1.54, 1.807) is 35.2 Å². The molecule has 0 spiro atoms. The Bertz CT molecular complexity index is 768. The largest absolute Gasteiger partial charge is 0.477 e. The van der Waals surface area contributed by atoms with Crippen molar-refractivity contribution in [3.8, 4) is 5.75 Å². The highest BCUT2D eigenvalue weighted by molar-refractivity contribution is 7.80. The van der Waals surface area contributed by atoms with Crippen molar-refractivity contribution in [3.05, 3.63) is 54.3 Å². The van der Waals surface area contributed by atoms with Crippen molar-refractivity contribution in [2.24, 2.45) is 5.73 Å². The molecule has 2 aromatic rings. The zero-order valence-corrected chi connectivity index (χ0v) is 12.8. The molecule has 2 aromatic carbocycles. The third kappa shape index (κ3) is 3.09. The van der Waals surface area contributed by atoms with Gasteiger partial charge in [-0.25, -0.2) is 4.39 Å². The number of primary amides is 1. The molecular formula is C16H14FN3O2S. The summed E-state index contributed by atoms with van der Waals surface area (Å²) in [4.78, 5) is 13.2. The van der Waals surface area contributed by atoms with Crippen LogP contribution in [0, 0.1) is 5.82 Å². The highest BCUT2D eigenvalue weighted by Gasteiger charge is 2.31. The van der Waals surface area contributed by atoms with Gasteiger partial charge >= 0.3 is 0 Å². The number of carbonyl (C=O) groups excluding carboxylic acids is 1. The van der Waals surface area contributed by atoms with Gasteiger partial charge in [-0.2, -0.15) is 0 Å². The van der Waals surface area contributed by atoms with Crippen molar-refractivity contribution >= 4 is 34.6 Å². The van der Waals surface area contributed by atoms with E-state index in [9.17, 15) is 9.18 Å².